The van der Waals surface area contributed by atoms with Gasteiger partial charge in [0.05, 0.1) is 25.1 Å². The normalized spacial score (nSPS) is 16.4. The van der Waals surface area contributed by atoms with E-state index >= 15 is 0 Å². The van der Waals surface area contributed by atoms with E-state index in [4.69, 9.17) is 15.2 Å². The Morgan fingerprint density at radius 2 is 2.15 bits per heavy atom. The summed E-state index contributed by atoms with van der Waals surface area (Å²) in [5.74, 6) is 0.845. The maximum absolute atomic E-state index is 5.84. The van der Waals surface area contributed by atoms with Crippen molar-refractivity contribution in [1.29, 1.82) is 0 Å². The minimum atomic E-state index is 0.367. The highest BCUT2D eigenvalue weighted by Gasteiger charge is 2.22. The summed E-state index contributed by atoms with van der Waals surface area (Å²) in [5, 5.41) is 0. The zero-order valence-corrected chi connectivity index (χ0v) is 12.5. The van der Waals surface area contributed by atoms with Crippen molar-refractivity contribution in [1.82, 2.24) is 4.98 Å². The lowest BCUT2D eigenvalue weighted by Gasteiger charge is -2.34. The number of nitrogens with two attached hydrogens (primary N) is 1. The summed E-state index contributed by atoms with van der Waals surface area (Å²) in [5.41, 5.74) is 7.64. The van der Waals surface area contributed by atoms with Crippen molar-refractivity contribution in [3.8, 4) is 5.75 Å². The van der Waals surface area contributed by atoms with Gasteiger partial charge in [-0.1, -0.05) is 0 Å². The van der Waals surface area contributed by atoms with E-state index in [9.17, 15) is 0 Å². The molecule has 0 aromatic carbocycles. The number of pyridine rings is 1. The lowest BCUT2D eigenvalue weighted by molar-refractivity contribution is 0.0366. The van der Waals surface area contributed by atoms with E-state index < -0.39 is 0 Å². The molecule has 0 bridgehead atoms. The first-order valence-corrected chi connectivity index (χ1v) is 7.32. The standard InChI is InChI=1S/C15H25N3O2/c1-12-10-14(15(19-2)11-17-12)18-7-4-13(5-8-18)20-9-3-6-16/h10-11,13H,3-9,16H2,1-2H3. The lowest BCUT2D eigenvalue weighted by atomic mass is 10.1. The predicted octanol–water partition coefficient (Wildman–Crippen LogP) is 1.73. The number of rotatable bonds is 6. The molecule has 20 heavy (non-hydrogen) atoms. The van der Waals surface area contributed by atoms with Crippen LogP contribution in [0.1, 0.15) is 25.0 Å². The molecule has 5 heteroatoms. The maximum atomic E-state index is 5.84. The molecule has 1 aliphatic heterocycles. The van der Waals surface area contributed by atoms with Crippen molar-refractivity contribution in [2.75, 3.05) is 38.3 Å². The topological polar surface area (TPSA) is 60.6 Å². The Bertz CT molecular complexity index is 418. The van der Waals surface area contributed by atoms with Gasteiger partial charge in [-0.15, -0.1) is 0 Å². The van der Waals surface area contributed by atoms with Crippen LogP contribution in [0.3, 0.4) is 0 Å². The average molecular weight is 279 g/mol. The highest BCUT2D eigenvalue weighted by molar-refractivity contribution is 5.58. The second kappa shape index (κ2) is 7.45. The van der Waals surface area contributed by atoms with E-state index in [0.29, 0.717) is 12.6 Å². The predicted molar refractivity (Wildman–Crippen MR) is 80.4 cm³/mol. The first-order chi connectivity index (χ1) is 9.74. The van der Waals surface area contributed by atoms with Crippen LogP contribution in [0.5, 0.6) is 5.75 Å². The molecule has 5 nitrogen and oxygen atoms in total. The van der Waals surface area contributed by atoms with Gasteiger partial charge in [-0.3, -0.25) is 4.98 Å². The molecule has 112 valence electrons. The molecule has 1 aromatic rings. The molecule has 0 radical (unpaired) electrons. The smallest absolute Gasteiger partial charge is 0.160 e. The van der Waals surface area contributed by atoms with Gasteiger partial charge in [0.1, 0.15) is 0 Å². The molecule has 2 heterocycles. The first-order valence-electron chi connectivity index (χ1n) is 7.32. The summed E-state index contributed by atoms with van der Waals surface area (Å²) in [6, 6.07) is 2.09. The molecule has 0 atom stereocenters. The molecule has 0 saturated carbocycles. The number of aryl methyl sites for hydroxylation is 1. The van der Waals surface area contributed by atoms with Gasteiger partial charge >= 0.3 is 0 Å². The van der Waals surface area contributed by atoms with E-state index in [0.717, 1.165) is 56.1 Å². The van der Waals surface area contributed by atoms with Crippen LogP contribution in [0, 0.1) is 6.92 Å². The summed E-state index contributed by atoms with van der Waals surface area (Å²) in [7, 11) is 1.69. The quantitative estimate of drug-likeness (QED) is 0.804. The second-order valence-electron chi connectivity index (χ2n) is 5.20. The van der Waals surface area contributed by atoms with Gasteiger partial charge < -0.3 is 20.1 Å². The minimum Gasteiger partial charge on any atom is -0.493 e. The van der Waals surface area contributed by atoms with E-state index in [2.05, 4.69) is 16.0 Å². The van der Waals surface area contributed by atoms with E-state index in [1.165, 1.54) is 0 Å². The number of aromatic nitrogens is 1. The number of anilines is 1. The number of piperidine rings is 1. The Hall–Kier alpha value is -1.33. The molecular weight excluding hydrogens is 254 g/mol. The summed E-state index contributed by atoms with van der Waals surface area (Å²) >= 11 is 0. The van der Waals surface area contributed by atoms with Gasteiger partial charge in [-0.25, -0.2) is 0 Å². The first kappa shape index (κ1) is 15.1. The Labute approximate surface area is 121 Å². The third-order valence-corrected chi connectivity index (χ3v) is 3.69. The Balaban J connectivity index is 1.91. The summed E-state index contributed by atoms with van der Waals surface area (Å²) in [6.07, 6.45) is 5.21. The van der Waals surface area contributed by atoms with E-state index in [-0.39, 0.29) is 0 Å². The number of methoxy groups -OCH3 is 1. The second-order valence-corrected chi connectivity index (χ2v) is 5.20. The van der Waals surface area contributed by atoms with Gasteiger partial charge in [-0.2, -0.15) is 0 Å². The fraction of sp³-hybridized carbons (Fsp3) is 0.667. The highest BCUT2D eigenvalue weighted by Crippen LogP contribution is 2.30. The summed E-state index contributed by atoms with van der Waals surface area (Å²) in [6.45, 7) is 5.47. The van der Waals surface area contributed by atoms with Crippen LogP contribution in [0.25, 0.3) is 0 Å². The van der Waals surface area contributed by atoms with Crippen molar-refractivity contribution in [3.05, 3.63) is 18.0 Å². The third-order valence-electron chi connectivity index (χ3n) is 3.69. The fourth-order valence-electron chi connectivity index (χ4n) is 2.53. The van der Waals surface area contributed by atoms with Crippen LogP contribution in [0.4, 0.5) is 5.69 Å². The number of ether oxygens (including phenoxy) is 2. The van der Waals surface area contributed by atoms with Crippen LogP contribution < -0.4 is 15.4 Å². The van der Waals surface area contributed by atoms with Crippen molar-refractivity contribution in [3.63, 3.8) is 0 Å². The third kappa shape index (κ3) is 3.84. The number of hydrogen-bond donors (Lipinski definition) is 1. The van der Waals surface area contributed by atoms with Crippen LogP contribution in [-0.2, 0) is 4.74 Å². The van der Waals surface area contributed by atoms with Gasteiger partial charge in [0.25, 0.3) is 0 Å². The Morgan fingerprint density at radius 1 is 1.40 bits per heavy atom. The monoisotopic (exact) mass is 279 g/mol. The van der Waals surface area contributed by atoms with Crippen LogP contribution in [0.15, 0.2) is 12.3 Å². The molecule has 2 rings (SSSR count). The van der Waals surface area contributed by atoms with Crippen molar-refractivity contribution in [2.45, 2.75) is 32.3 Å². The SMILES string of the molecule is COc1cnc(C)cc1N1CCC(OCCCN)CC1. The van der Waals surface area contributed by atoms with Gasteiger partial charge in [0, 0.05) is 25.4 Å². The van der Waals surface area contributed by atoms with Crippen LogP contribution >= 0.6 is 0 Å². The van der Waals surface area contributed by atoms with Crippen molar-refractivity contribution in [2.24, 2.45) is 5.73 Å². The molecule has 0 amide bonds. The molecule has 1 aromatic heterocycles. The van der Waals surface area contributed by atoms with Crippen LogP contribution in [0.2, 0.25) is 0 Å². The summed E-state index contributed by atoms with van der Waals surface area (Å²) < 4.78 is 11.2. The molecule has 0 spiro atoms. The zero-order chi connectivity index (χ0) is 14.4. The van der Waals surface area contributed by atoms with E-state index in [1.54, 1.807) is 13.3 Å². The highest BCUT2D eigenvalue weighted by atomic mass is 16.5. The van der Waals surface area contributed by atoms with Gasteiger partial charge in [0.2, 0.25) is 0 Å². The molecule has 2 N–H and O–H groups in total. The fourth-order valence-corrected chi connectivity index (χ4v) is 2.53. The van der Waals surface area contributed by atoms with Crippen LogP contribution in [-0.4, -0.2) is 44.4 Å². The molecular formula is C15H25N3O2. The summed E-state index contributed by atoms with van der Waals surface area (Å²) in [4.78, 5) is 6.64. The van der Waals surface area contributed by atoms with Crippen molar-refractivity contribution >= 4 is 5.69 Å². The zero-order valence-electron chi connectivity index (χ0n) is 12.5. The average Bonchev–Trinajstić information content (AvgIpc) is 2.48. The largest absolute Gasteiger partial charge is 0.493 e. The Kier molecular flexibility index (Phi) is 5.61. The van der Waals surface area contributed by atoms with Gasteiger partial charge in [-0.05, 0) is 38.8 Å². The maximum Gasteiger partial charge on any atom is 0.160 e. The van der Waals surface area contributed by atoms with E-state index in [1.807, 2.05) is 6.92 Å². The molecule has 1 saturated heterocycles. The molecule has 1 aliphatic rings. The minimum absolute atomic E-state index is 0.367. The molecule has 0 aliphatic carbocycles. The lowest BCUT2D eigenvalue weighted by Crippen LogP contribution is -2.37. The number of nitrogens with zero attached hydrogens (tertiary/aromatic N) is 2. The van der Waals surface area contributed by atoms with Gasteiger partial charge in [0.15, 0.2) is 5.75 Å². The number of hydrogen-bond acceptors (Lipinski definition) is 5. The van der Waals surface area contributed by atoms with Crippen molar-refractivity contribution < 1.29 is 9.47 Å². The molecule has 1 fully saturated rings. The molecule has 0 unspecified atom stereocenters. The Morgan fingerprint density at radius 3 is 2.80 bits per heavy atom.